The van der Waals surface area contributed by atoms with E-state index < -0.39 is 23.9 Å². The van der Waals surface area contributed by atoms with Gasteiger partial charge in [0.2, 0.25) is 11.8 Å². The Morgan fingerprint density at radius 3 is 2.70 bits per heavy atom. The third kappa shape index (κ3) is 7.02. The highest BCUT2D eigenvalue weighted by Crippen LogP contribution is 2.27. The first kappa shape index (κ1) is 24.7. The molecule has 0 aromatic heterocycles. The highest BCUT2D eigenvalue weighted by molar-refractivity contribution is 5.80. The van der Waals surface area contributed by atoms with E-state index in [1.165, 1.54) is 19.1 Å². The Morgan fingerprint density at radius 1 is 1.24 bits per heavy atom. The Balaban J connectivity index is 1.75. The van der Waals surface area contributed by atoms with E-state index in [0.29, 0.717) is 37.4 Å². The van der Waals surface area contributed by atoms with Crippen molar-refractivity contribution in [2.45, 2.75) is 58.2 Å². The summed E-state index contributed by atoms with van der Waals surface area (Å²) in [6.07, 6.45) is 1.19. The van der Waals surface area contributed by atoms with Gasteiger partial charge in [0.15, 0.2) is 0 Å². The smallest absolute Gasteiger partial charge is 0.228 e. The maximum absolute atomic E-state index is 14.2. The first-order chi connectivity index (χ1) is 15.9. The first-order valence-corrected chi connectivity index (χ1v) is 11.6. The summed E-state index contributed by atoms with van der Waals surface area (Å²) in [4.78, 5) is 26.9. The number of carbonyl (C=O) groups excluding carboxylic acids is 2. The number of carbonyl (C=O) groups is 2. The SMILES string of the molecule is CCCOc1cc(F)cc(C[C@H](NC(C)=O)[C@H](O)[C@@H]2CCCN(Cc3ccccc3)C2=O)c1. The van der Waals surface area contributed by atoms with Crippen molar-refractivity contribution in [1.29, 1.82) is 0 Å². The molecule has 1 fully saturated rings. The van der Waals surface area contributed by atoms with Gasteiger partial charge in [-0.2, -0.15) is 0 Å². The zero-order valence-electron chi connectivity index (χ0n) is 19.3. The van der Waals surface area contributed by atoms with Crippen molar-refractivity contribution >= 4 is 11.8 Å². The van der Waals surface area contributed by atoms with Gasteiger partial charge in [-0.25, -0.2) is 4.39 Å². The number of hydrogen-bond acceptors (Lipinski definition) is 4. The molecule has 0 aliphatic carbocycles. The Kier molecular flexibility index (Phi) is 8.83. The average Bonchev–Trinajstić information content (AvgIpc) is 2.78. The lowest BCUT2D eigenvalue weighted by molar-refractivity contribution is -0.145. The maximum Gasteiger partial charge on any atom is 0.228 e. The topological polar surface area (TPSA) is 78.9 Å². The second-order valence-corrected chi connectivity index (χ2v) is 8.64. The van der Waals surface area contributed by atoms with Crippen molar-refractivity contribution < 1.29 is 23.8 Å². The van der Waals surface area contributed by atoms with Gasteiger partial charge in [0.1, 0.15) is 11.6 Å². The van der Waals surface area contributed by atoms with Crippen molar-refractivity contribution in [2.75, 3.05) is 13.2 Å². The standard InChI is InChI=1S/C26H33FN2O4/c1-3-12-33-22-14-20(13-21(27)16-22)15-24(28-18(2)30)25(31)23-10-7-11-29(26(23)32)17-19-8-5-4-6-9-19/h4-6,8-9,13-14,16,23-25,31H,3,7,10-12,15,17H2,1-2H3,(H,28,30)/t23-,24-,25+/m0/s1. The van der Waals surface area contributed by atoms with Crippen LogP contribution in [0.25, 0.3) is 0 Å². The van der Waals surface area contributed by atoms with Crippen LogP contribution in [-0.2, 0) is 22.6 Å². The van der Waals surface area contributed by atoms with E-state index in [1.54, 1.807) is 11.0 Å². The van der Waals surface area contributed by atoms with E-state index in [-0.39, 0.29) is 18.2 Å². The number of nitrogens with one attached hydrogen (secondary N) is 1. The minimum Gasteiger partial charge on any atom is -0.493 e. The molecule has 33 heavy (non-hydrogen) atoms. The van der Waals surface area contributed by atoms with Crippen LogP contribution in [0.4, 0.5) is 4.39 Å². The first-order valence-electron chi connectivity index (χ1n) is 11.6. The summed E-state index contributed by atoms with van der Waals surface area (Å²) >= 11 is 0. The second-order valence-electron chi connectivity index (χ2n) is 8.64. The van der Waals surface area contributed by atoms with Crippen molar-refractivity contribution in [2.24, 2.45) is 5.92 Å². The van der Waals surface area contributed by atoms with Gasteiger partial charge in [-0.05, 0) is 48.9 Å². The Labute approximate surface area is 194 Å². The zero-order valence-corrected chi connectivity index (χ0v) is 19.3. The summed E-state index contributed by atoms with van der Waals surface area (Å²) in [6.45, 7) is 4.91. The van der Waals surface area contributed by atoms with Gasteiger partial charge < -0.3 is 20.1 Å². The number of amides is 2. The number of benzene rings is 2. The lowest BCUT2D eigenvalue weighted by Crippen LogP contribution is -2.53. The Morgan fingerprint density at radius 2 is 2.00 bits per heavy atom. The van der Waals surface area contributed by atoms with Gasteiger partial charge in [0.05, 0.1) is 24.7 Å². The van der Waals surface area contributed by atoms with Gasteiger partial charge >= 0.3 is 0 Å². The van der Waals surface area contributed by atoms with Crippen LogP contribution in [0.1, 0.15) is 44.2 Å². The molecule has 0 spiro atoms. The number of rotatable bonds is 10. The van der Waals surface area contributed by atoms with E-state index in [0.717, 1.165) is 18.4 Å². The summed E-state index contributed by atoms with van der Waals surface area (Å²) in [7, 11) is 0. The fourth-order valence-electron chi connectivity index (χ4n) is 4.34. The molecule has 2 aromatic rings. The van der Waals surface area contributed by atoms with E-state index in [2.05, 4.69) is 5.32 Å². The minimum absolute atomic E-state index is 0.126. The van der Waals surface area contributed by atoms with Crippen LogP contribution in [0.15, 0.2) is 48.5 Å². The number of ether oxygens (including phenoxy) is 1. The summed E-state index contributed by atoms with van der Waals surface area (Å²) in [6, 6.07) is 13.4. The number of hydrogen-bond donors (Lipinski definition) is 2. The predicted molar refractivity (Wildman–Crippen MR) is 124 cm³/mol. The van der Waals surface area contributed by atoms with Crippen LogP contribution < -0.4 is 10.1 Å². The molecule has 0 saturated carbocycles. The molecular weight excluding hydrogens is 423 g/mol. The van der Waals surface area contributed by atoms with Gasteiger partial charge in [-0.1, -0.05) is 37.3 Å². The molecule has 1 heterocycles. The lowest BCUT2D eigenvalue weighted by Gasteiger charge is -2.37. The molecular formula is C26H33FN2O4. The average molecular weight is 457 g/mol. The molecule has 2 amide bonds. The van der Waals surface area contributed by atoms with E-state index in [4.69, 9.17) is 4.74 Å². The minimum atomic E-state index is -1.09. The molecule has 0 unspecified atom stereocenters. The number of aliphatic hydroxyl groups is 1. The molecule has 6 nitrogen and oxygen atoms in total. The predicted octanol–water partition coefficient (Wildman–Crippen LogP) is 3.46. The maximum atomic E-state index is 14.2. The van der Waals surface area contributed by atoms with Gasteiger partial charge in [-0.3, -0.25) is 9.59 Å². The number of piperidine rings is 1. The summed E-state index contributed by atoms with van der Waals surface area (Å²) in [5.74, 6) is -1.12. The lowest BCUT2D eigenvalue weighted by atomic mass is 9.85. The molecule has 0 radical (unpaired) electrons. The Hall–Kier alpha value is -2.93. The molecule has 3 rings (SSSR count). The van der Waals surface area contributed by atoms with Crippen molar-refractivity contribution in [3.63, 3.8) is 0 Å². The van der Waals surface area contributed by atoms with Gasteiger partial charge in [0.25, 0.3) is 0 Å². The number of halogens is 1. The van der Waals surface area contributed by atoms with Crippen LogP contribution in [-0.4, -0.2) is 47.1 Å². The molecule has 2 N–H and O–H groups in total. The number of aliphatic hydroxyl groups excluding tert-OH is 1. The third-order valence-electron chi connectivity index (χ3n) is 5.86. The van der Waals surface area contributed by atoms with Crippen LogP contribution in [0.2, 0.25) is 0 Å². The largest absolute Gasteiger partial charge is 0.493 e. The molecule has 1 saturated heterocycles. The van der Waals surface area contributed by atoms with Crippen LogP contribution in [0.3, 0.4) is 0 Å². The van der Waals surface area contributed by atoms with Crippen molar-refractivity contribution in [3.8, 4) is 5.75 Å². The monoisotopic (exact) mass is 456 g/mol. The fraction of sp³-hybridized carbons (Fsp3) is 0.462. The normalized spacial score (nSPS) is 18.0. The molecule has 2 aromatic carbocycles. The Bertz CT molecular complexity index is 937. The molecule has 7 heteroatoms. The molecule has 3 atom stereocenters. The molecule has 1 aliphatic rings. The van der Waals surface area contributed by atoms with Gasteiger partial charge in [-0.15, -0.1) is 0 Å². The van der Waals surface area contributed by atoms with E-state index in [9.17, 15) is 19.1 Å². The summed E-state index contributed by atoms with van der Waals surface area (Å²) in [5.41, 5.74) is 1.61. The highest BCUT2D eigenvalue weighted by atomic mass is 19.1. The molecule has 0 bridgehead atoms. The number of nitrogens with zero attached hydrogens (tertiary/aromatic N) is 1. The molecule has 178 valence electrons. The highest BCUT2D eigenvalue weighted by Gasteiger charge is 2.38. The van der Waals surface area contributed by atoms with Crippen LogP contribution >= 0.6 is 0 Å². The quantitative estimate of drug-likeness (QED) is 0.574. The fourth-order valence-corrected chi connectivity index (χ4v) is 4.34. The number of likely N-dealkylation sites (tertiary alicyclic amines) is 1. The second kappa shape index (κ2) is 11.8. The van der Waals surface area contributed by atoms with Crippen LogP contribution in [0, 0.1) is 11.7 Å². The third-order valence-corrected chi connectivity index (χ3v) is 5.86. The molecule has 1 aliphatic heterocycles. The summed E-state index contributed by atoms with van der Waals surface area (Å²) < 4.78 is 19.7. The van der Waals surface area contributed by atoms with E-state index in [1.807, 2.05) is 37.3 Å². The van der Waals surface area contributed by atoms with Crippen molar-refractivity contribution in [3.05, 3.63) is 65.5 Å². The zero-order chi connectivity index (χ0) is 23.8. The summed E-state index contributed by atoms with van der Waals surface area (Å²) in [5, 5.41) is 14.0. The van der Waals surface area contributed by atoms with Crippen molar-refractivity contribution in [1.82, 2.24) is 10.2 Å². The van der Waals surface area contributed by atoms with Gasteiger partial charge in [0, 0.05) is 26.1 Å². The van der Waals surface area contributed by atoms with Crippen LogP contribution in [0.5, 0.6) is 5.75 Å². The van der Waals surface area contributed by atoms with E-state index >= 15 is 0 Å².